The second-order valence-electron chi connectivity index (χ2n) is 5.38. The fourth-order valence-electron chi connectivity index (χ4n) is 2.58. The highest BCUT2D eigenvalue weighted by Gasteiger charge is 2.50. The van der Waals surface area contributed by atoms with Crippen molar-refractivity contribution >= 4 is 22.2 Å². The minimum Gasteiger partial charge on any atom is -0.399 e. The Labute approximate surface area is 141 Å². The second-order valence-corrected chi connectivity index (χ2v) is 8.47. The van der Waals surface area contributed by atoms with Crippen LogP contribution in [0.3, 0.4) is 0 Å². The first-order valence-corrected chi connectivity index (χ1v) is 9.66. The van der Waals surface area contributed by atoms with E-state index in [-0.39, 0.29) is 0 Å². The first kappa shape index (κ1) is 16.2. The lowest BCUT2D eigenvalue weighted by molar-refractivity contribution is 0.506. The number of hydrogen-bond acceptors (Lipinski definition) is 4. The topological polar surface area (TPSA) is 52.6 Å². The summed E-state index contributed by atoms with van der Waals surface area (Å²) >= 11 is -3.47. The Balaban J connectivity index is 1.79. The van der Waals surface area contributed by atoms with Crippen molar-refractivity contribution in [3.63, 3.8) is 0 Å². The Bertz CT molecular complexity index is 627. The smallest absolute Gasteiger partial charge is 0.229 e. The molecule has 4 nitrogen and oxygen atoms in total. The Morgan fingerprint density at radius 1 is 0.696 bits per heavy atom. The molecule has 122 valence electrons. The van der Waals surface area contributed by atoms with Crippen molar-refractivity contribution in [2.24, 2.45) is 0 Å². The van der Waals surface area contributed by atoms with Crippen LogP contribution in [0.1, 0.15) is 25.7 Å². The summed E-state index contributed by atoms with van der Waals surface area (Å²) in [6, 6.07) is 17.9. The van der Waals surface area contributed by atoms with Gasteiger partial charge in [-0.3, -0.25) is 0 Å². The van der Waals surface area contributed by atoms with E-state index in [4.69, 9.17) is 8.37 Å². The Hall–Kier alpha value is -1.66. The second kappa shape index (κ2) is 7.27. The van der Waals surface area contributed by atoms with Crippen LogP contribution in [0.2, 0.25) is 0 Å². The van der Waals surface area contributed by atoms with E-state index in [0.29, 0.717) is 24.3 Å². The van der Waals surface area contributed by atoms with Crippen LogP contribution >= 0.6 is 0 Å². The maximum absolute atomic E-state index is 12.8. The largest absolute Gasteiger partial charge is 0.399 e. The van der Waals surface area contributed by atoms with Crippen LogP contribution in [0.15, 0.2) is 60.7 Å². The summed E-state index contributed by atoms with van der Waals surface area (Å²) in [7, 11) is 0. The van der Waals surface area contributed by atoms with Crippen molar-refractivity contribution in [2.75, 3.05) is 0 Å². The van der Waals surface area contributed by atoms with Crippen molar-refractivity contribution in [3.8, 4) is 11.5 Å². The van der Waals surface area contributed by atoms with Gasteiger partial charge in [0.15, 0.2) is 4.08 Å². The van der Waals surface area contributed by atoms with E-state index in [2.05, 4.69) is 0 Å². The van der Waals surface area contributed by atoms with Gasteiger partial charge < -0.3 is 8.37 Å². The van der Waals surface area contributed by atoms with Crippen LogP contribution in [0.4, 0.5) is 0 Å². The normalized spacial score (nSPS) is 19.0. The highest BCUT2D eigenvalue weighted by molar-refractivity contribution is 8.00. The summed E-state index contributed by atoms with van der Waals surface area (Å²) in [5.74, 6) is 1.02. The van der Waals surface area contributed by atoms with Gasteiger partial charge in [0, 0.05) is 0 Å². The highest BCUT2D eigenvalue weighted by atomic mass is 32.3. The van der Waals surface area contributed by atoms with Gasteiger partial charge in [0.05, 0.1) is 0 Å². The SMILES string of the molecule is O=S(Oc1ccccc1)C1(S(=O)Oc2ccccc2)CCCC1. The lowest BCUT2D eigenvalue weighted by atomic mass is 10.3. The van der Waals surface area contributed by atoms with Gasteiger partial charge in [0.1, 0.15) is 11.5 Å². The minimum atomic E-state index is -1.73. The van der Waals surface area contributed by atoms with Gasteiger partial charge in [-0.2, -0.15) is 0 Å². The number of para-hydroxylation sites is 2. The molecular weight excluding hydrogens is 332 g/mol. The van der Waals surface area contributed by atoms with E-state index >= 15 is 0 Å². The maximum Gasteiger partial charge on any atom is 0.229 e. The predicted molar refractivity (Wildman–Crippen MR) is 91.6 cm³/mol. The molecule has 1 aliphatic rings. The van der Waals surface area contributed by atoms with Crippen molar-refractivity contribution in [1.82, 2.24) is 0 Å². The number of rotatable bonds is 6. The molecule has 2 aromatic carbocycles. The zero-order valence-corrected chi connectivity index (χ0v) is 14.2. The molecule has 0 spiro atoms. The molecule has 3 rings (SSSR count). The summed E-state index contributed by atoms with van der Waals surface area (Å²) in [6.07, 6.45) is 2.86. The first-order chi connectivity index (χ1) is 11.2. The summed E-state index contributed by atoms with van der Waals surface area (Å²) in [4.78, 5) is 0. The van der Waals surface area contributed by atoms with Crippen molar-refractivity contribution < 1.29 is 16.8 Å². The quantitative estimate of drug-likeness (QED) is 0.796. The molecule has 0 amide bonds. The number of hydrogen-bond donors (Lipinski definition) is 0. The van der Waals surface area contributed by atoms with Gasteiger partial charge in [-0.1, -0.05) is 49.2 Å². The Morgan fingerprint density at radius 3 is 1.48 bits per heavy atom. The minimum absolute atomic E-state index is 0.508. The summed E-state index contributed by atoms with van der Waals surface area (Å²) < 4.78 is 35.7. The van der Waals surface area contributed by atoms with Gasteiger partial charge in [0.25, 0.3) is 0 Å². The molecule has 1 fully saturated rings. The molecule has 0 aromatic heterocycles. The number of benzene rings is 2. The molecule has 1 saturated carbocycles. The van der Waals surface area contributed by atoms with Crippen LogP contribution in [0.5, 0.6) is 11.5 Å². The van der Waals surface area contributed by atoms with Crippen molar-refractivity contribution in [3.05, 3.63) is 60.7 Å². The standard InChI is InChI=1S/C17H18O4S2/c18-22(20-15-9-3-1-4-10-15)17(13-7-8-14-17)23(19)21-16-11-5-2-6-12-16/h1-6,9-12H,7-8,13-14H2. The molecule has 0 heterocycles. The third kappa shape index (κ3) is 3.64. The van der Waals surface area contributed by atoms with Gasteiger partial charge in [0.2, 0.25) is 22.2 Å². The Kier molecular flexibility index (Phi) is 5.13. The molecule has 2 unspecified atom stereocenters. The van der Waals surface area contributed by atoms with Crippen LogP contribution in [0.25, 0.3) is 0 Å². The molecule has 0 N–H and O–H groups in total. The first-order valence-electron chi connectivity index (χ1n) is 7.51. The zero-order valence-electron chi connectivity index (χ0n) is 12.6. The van der Waals surface area contributed by atoms with Crippen LogP contribution in [-0.4, -0.2) is 12.5 Å². The molecule has 0 radical (unpaired) electrons. The van der Waals surface area contributed by atoms with Crippen molar-refractivity contribution in [1.29, 1.82) is 0 Å². The fourth-order valence-corrected chi connectivity index (χ4v) is 5.35. The van der Waals surface area contributed by atoms with E-state index in [0.717, 1.165) is 12.8 Å². The molecule has 0 bridgehead atoms. The van der Waals surface area contributed by atoms with Crippen LogP contribution < -0.4 is 8.37 Å². The van der Waals surface area contributed by atoms with E-state index in [1.807, 2.05) is 36.4 Å². The lowest BCUT2D eigenvalue weighted by Gasteiger charge is -2.25. The van der Waals surface area contributed by atoms with Crippen LogP contribution in [0, 0.1) is 0 Å². The van der Waals surface area contributed by atoms with Gasteiger partial charge in [-0.25, -0.2) is 8.42 Å². The molecule has 1 aliphatic carbocycles. The monoisotopic (exact) mass is 350 g/mol. The third-order valence-electron chi connectivity index (χ3n) is 3.80. The van der Waals surface area contributed by atoms with E-state index in [9.17, 15) is 8.42 Å². The zero-order chi connectivity index (χ0) is 16.1. The average molecular weight is 350 g/mol. The Morgan fingerprint density at radius 2 is 1.09 bits per heavy atom. The van der Waals surface area contributed by atoms with E-state index in [1.165, 1.54) is 0 Å². The predicted octanol–water partition coefficient (Wildman–Crippen LogP) is 3.74. The molecule has 2 aromatic rings. The van der Waals surface area contributed by atoms with Crippen molar-refractivity contribution in [2.45, 2.75) is 29.8 Å². The summed E-state index contributed by atoms with van der Waals surface area (Å²) in [5, 5.41) is 0. The van der Waals surface area contributed by atoms with Gasteiger partial charge in [-0.05, 0) is 37.1 Å². The molecule has 23 heavy (non-hydrogen) atoms. The maximum atomic E-state index is 12.8. The van der Waals surface area contributed by atoms with Crippen LogP contribution in [-0.2, 0) is 22.2 Å². The van der Waals surface area contributed by atoms with E-state index in [1.54, 1.807) is 24.3 Å². The molecule has 2 atom stereocenters. The third-order valence-corrected chi connectivity index (χ3v) is 7.34. The lowest BCUT2D eigenvalue weighted by Crippen LogP contribution is -2.40. The summed E-state index contributed by atoms with van der Waals surface area (Å²) in [6.45, 7) is 0. The molecule has 0 saturated heterocycles. The van der Waals surface area contributed by atoms with E-state index < -0.39 is 26.2 Å². The van der Waals surface area contributed by atoms with Gasteiger partial charge >= 0.3 is 0 Å². The molecule has 6 heteroatoms. The molecule has 0 aliphatic heterocycles. The summed E-state index contributed by atoms with van der Waals surface area (Å²) in [5.41, 5.74) is 0. The van der Waals surface area contributed by atoms with Gasteiger partial charge in [-0.15, -0.1) is 0 Å². The average Bonchev–Trinajstić information content (AvgIpc) is 3.08. The fraction of sp³-hybridized carbons (Fsp3) is 0.294. The highest BCUT2D eigenvalue weighted by Crippen LogP contribution is 2.39. The molecular formula is C17H18O4S2.